The Morgan fingerprint density at radius 2 is 2.50 bits per heavy atom. The quantitative estimate of drug-likeness (QED) is 0.329. The second-order valence-electron chi connectivity index (χ2n) is 2.55. The number of hydrogen-bond acceptors (Lipinski definition) is 2. The highest BCUT2D eigenvalue weighted by Crippen LogP contribution is 2.21. The molecule has 3 N–H and O–H groups in total. The van der Waals surface area contributed by atoms with E-state index in [4.69, 9.17) is 5.73 Å². The van der Waals surface area contributed by atoms with Crippen LogP contribution in [0.5, 0.6) is 0 Å². The van der Waals surface area contributed by atoms with Gasteiger partial charge in [0.1, 0.15) is 0 Å². The lowest BCUT2D eigenvalue weighted by atomic mass is 10.0. The molecule has 0 bridgehead atoms. The van der Waals surface area contributed by atoms with Gasteiger partial charge in [-0.1, -0.05) is 12.2 Å². The molecule has 44 valence electrons. The molecule has 0 aromatic heterocycles. The predicted octanol–water partition coefficient (Wildman–Crippen LogP) is -0.386. The van der Waals surface area contributed by atoms with Crippen LogP contribution in [-0.4, -0.2) is 18.1 Å². The Hall–Kier alpha value is -0.340. The van der Waals surface area contributed by atoms with E-state index in [-0.39, 0.29) is 0 Å². The van der Waals surface area contributed by atoms with E-state index in [1.54, 1.807) is 0 Å². The number of nitrogens with two attached hydrogens (primary N) is 1. The molecule has 1 fully saturated rings. The SMILES string of the molecule is N[C@@H]1CC=CC2N[C@@H]21. The summed E-state index contributed by atoms with van der Waals surface area (Å²) in [6, 6.07) is 1.61. The Kier molecular flexibility index (Phi) is 0.754. The molecule has 0 aromatic rings. The maximum Gasteiger partial charge on any atom is 0.0424 e. The maximum atomic E-state index is 5.71. The molecule has 0 radical (unpaired) electrons. The molecule has 1 unspecified atom stereocenters. The van der Waals surface area contributed by atoms with Crippen molar-refractivity contribution in [3.63, 3.8) is 0 Å². The minimum Gasteiger partial charge on any atom is -0.326 e. The van der Waals surface area contributed by atoms with Crippen LogP contribution in [0.15, 0.2) is 12.2 Å². The first kappa shape index (κ1) is 4.53. The van der Waals surface area contributed by atoms with Crippen LogP contribution in [0.1, 0.15) is 6.42 Å². The van der Waals surface area contributed by atoms with Crippen molar-refractivity contribution in [2.24, 2.45) is 5.73 Å². The highest BCUT2D eigenvalue weighted by atomic mass is 15.2. The van der Waals surface area contributed by atoms with Crippen LogP contribution < -0.4 is 11.1 Å². The molecule has 3 atom stereocenters. The summed E-state index contributed by atoms with van der Waals surface area (Å²) in [5.74, 6) is 0. The van der Waals surface area contributed by atoms with Gasteiger partial charge < -0.3 is 11.1 Å². The first-order valence-electron chi connectivity index (χ1n) is 3.06. The molecule has 0 saturated carbocycles. The van der Waals surface area contributed by atoms with Crippen LogP contribution in [0.4, 0.5) is 0 Å². The van der Waals surface area contributed by atoms with Crippen molar-refractivity contribution in [2.45, 2.75) is 24.5 Å². The van der Waals surface area contributed by atoms with Crippen molar-refractivity contribution in [3.05, 3.63) is 12.2 Å². The van der Waals surface area contributed by atoms with Crippen molar-refractivity contribution < 1.29 is 0 Å². The summed E-state index contributed by atoms with van der Waals surface area (Å²) in [6.45, 7) is 0. The molecule has 1 heterocycles. The summed E-state index contributed by atoms with van der Waals surface area (Å²) in [5, 5.41) is 3.27. The number of nitrogens with one attached hydrogen (secondary N) is 1. The van der Waals surface area contributed by atoms with Gasteiger partial charge in [-0.15, -0.1) is 0 Å². The fourth-order valence-corrected chi connectivity index (χ4v) is 1.26. The molecule has 1 saturated heterocycles. The van der Waals surface area contributed by atoms with Gasteiger partial charge in [0.25, 0.3) is 0 Å². The lowest BCUT2D eigenvalue weighted by molar-refractivity contribution is 0.647. The summed E-state index contributed by atoms with van der Waals surface area (Å²) in [7, 11) is 0. The average molecular weight is 110 g/mol. The summed E-state index contributed by atoms with van der Waals surface area (Å²) >= 11 is 0. The van der Waals surface area contributed by atoms with Gasteiger partial charge in [-0.2, -0.15) is 0 Å². The molecule has 2 aliphatic rings. The van der Waals surface area contributed by atoms with Crippen LogP contribution in [0, 0.1) is 0 Å². The van der Waals surface area contributed by atoms with Crippen molar-refractivity contribution in [1.29, 1.82) is 0 Å². The second kappa shape index (κ2) is 1.33. The van der Waals surface area contributed by atoms with E-state index >= 15 is 0 Å². The smallest absolute Gasteiger partial charge is 0.0424 e. The van der Waals surface area contributed by atoms with Gasteiger partial charge in [-0.3, -0.25) is 0 Å². The van der Waals surface area contributed by atoms with E-state index < -0.39 is 0 Å². The third-order valence-corrected chi connectivity index (χ3v) is 1.88. The number of fused-ring (bicyclic) bond motifs is 1. The molecular weight excluding hydrogens is 100 g/mol. The molecule has 8 heavy (non-hydrogen) atoms. The van der Waals surface area contributed by atoms with E-state index in [1.807, 2.05) is 0 Å². The first-order chi connectivity index (χ1) is 3.88. The van der Waals surface area contributed by atoms with E-state index in [0.717, 1.165) is 6.42 Å². The van der Waals surface area contributed by atoms with Gasteiger partial charge in [-0.05, 0) is 6.42 Å². The molecule has 1 aliphatic carbocycles. The maximum absolute atomic E-state index is 5.71. The molecule has 2 nitrogen and oxygen atoms in total. The minimum atomic E-state index is 0.380. The summed E-state index contributed by atoms with van der Waals surface area (Å²) in [4.78, 5) is 0. The van der Waals surface area contributed by atoms with Gasteiger partial charge in [0.05, 0.1) is 0 Å². The minimum absolute atomic E-state index is 0.380. The summed E-state index contributed by atoms with van der Waals surface area (Å²) in [6.07, 6.45) is 5.41. The zero-order valence-corrected chi connectivity index (χ0v) is 4.67. The topological polar surface area (TPSA) is 48.0 Å². The van der Waals surface area contributed by atoms with Crippen molar-refractivity contribution in [3.8, 4) is 0 Å². The summed E-state index contributed by atoms with van der Waals surface area (Å²) in [5.41, 5.74) is 5.71. The first-order valence-corrected chi connectivity index (χ1v) is 3.06. The summed E-state index contributed by atoms with van der Waals surface area (Å²) < 4.78 is 0. The van der Waals surface area contributed by atoms with Gasteiger partial charge in [0.15, 0.2) is 0 Å². The molecule has 0 aromatic carbocycles. The van der Waals surface area contributed by atoms with Crippen LogP contribution in [0.2, 0.25) is 0 Å². The normalized spacial score (nSPS) is 50.9. The predicted molar refractivity (Wildman–Crippen MR) is 32.4 cm³/mol. The van der Waals surface area contributed by atoms with Gasteiger partial charge in [-0.25, -0.2) is 0 Å². The van der Waals surface area contributed by atoms with Crippen LogP contribution in [0.3, 0.4) is 0 Å². The lowest BCUT2D eigenvalue weighted by Gasteiger charge is -2.07. The largest absolute Gasteiger partial charge is 0.326 e. The zero-order chi connectivity index (χ0) is 5.56. The van der Waals surface area contributed by atoms with Crippen LogP contribution >= 0.6 is 0 Å². The highest BCUT2D eigenvalue weighted by molar-refractivity contribution is 5.20. The van der Waals surface area contributed by atoms with Crippen molar-refractivity contribution >= 4 is 0 Å². The Balaban J connectivity index is 2.13. The van der Waals surface area contributed by atoms with Gasteiger partial charge >= 0.3 is 0 Å². The van der Waals surface area contributed by atoms with Gasteiger partial charge in [0.2, 0.25) is 0 Å². The molecule has 1 aliphatic heterocycles. The third-order valence-electron chi connectivity index (χ3n) is 1.88. The van der Waals surface area contributed by atoms with E-state index in [9.17, 15) is 0 Å². The Morgan fingerprint density at radius 3 is 3.12 bits per heavy atom. The van der Waals surface area contributed by atoms with Gasteiger partial charge in [0, 0.05) is 18.1 Å². The van der Waals surface area contributed by atoms with E-state index in [2.05, 4.69) is 17.5 Å². The molecular formula is C6H10N2. The van der Waals surface area contributed by atoms with Crippen LogP contribution in [0.25, 0.3) is 0 Å². The second-order valence-corrected chi connectivity index (χ2v) is 2.55. The number of rotatable bonds is 0. The number of hydrogen-bond donors (Lipinski definition) is 2. The van der Waals surface area contributed by atoms with E-state index in [0.29, 0.717) is 18.1 Å². The third kappa shape index (κ3) is 0.501. The van der Waals surface area contributed by atoms with E-state index in [1.165, 1.54) is 0 Å². The highest BCUT2D eigenvalue weighted by Gasteiger charge is 2.40. The Morgan fingerprint density at radius 1 is 1.62 bits per heavy atom. The van der Waals surface area contributed by atoms with Crippen molar-refractivity contribution in [1.82, 2.24) is 5.32 Å². The van der Waals surface area contributed by atoms with Crippen molar-refractivity contribution in [2.75, 3.05) is 0 Å². The molecule has 0 spiro atoms. The fraction of sp³-hybridized carbons (Fsp3) is 0.667. The average Bonchev–Trinajstić information content (AvgIpc) is 2.45. The Labute approximate surface area is 48.8 Å². The lowest BCUT2D eigenvalue weighted by Crippen LogP contribution is -2.29. The zero-order valence-electron chi connectivity index (χ0n) is 4.67. The Bertz CT molecular complexity index is 130. The molecule has 2 heteroatoms. The van der Waals surface area contributed by atoms with Crippen LogP contribution in [-0.2, 0) is 0 Å². The molecule has 0 amide bonds. The monoisotopic (exact) mass is 110 g/mol. The fourth-order valence-electron chi connectivity index (χ4n) is 1.26. The molecule has 2 rings (SSSR count). The standard InChI is InChI=1S/C6H10N2/c7-4-2-1-3-5-6(4)8-5/h1,3-6,8H,2,7H2/t4-,5?,6-/m1/s1.